The number of carbonyl (C=O) groups excluding carboxylic acids is 3. The zero-order valence-corrected chi connectivity index (χ0v) is 31.0. The van der Waals surface area contributed by atoms with Crippen LogP contribution in [0.4, 0.5) is 0 Å². The van der Waals surface area contributed by atoms with Gasteiger partial charge in [0.25, 0.3) is 0 Å². The number of carboxylic acids is 3. The minimum Gasteiger partial charge on any atom is -0.478 e. The molecule has 0 heterocycles. The Morgan fingerprint density at radius 2 is 0.745 bits per heavy atom. The van der Waals surface area contributed by atoms with Gasteiger partial charge in [0.15, 0.2) is 0 Å². The number of aliphatic hydroxyl groups excluding tert-OH is 3. The fourth-order valence-electron chi connectivity index (χ4n) is 3.05. The average Bonchev–Trinajstić information content (AvgIpc) is 3.05. The Labute approximate surface area is 299 Å². The Hall–Kier alpha value is -4.86. The first-order valence-electron chi connectivity index (χ1n) is 15.2. The lowest BCUT2D eigenvalue weighted by Gasteiger charge is -2.45. The van der Waals surface area contributed by atoms with Gasteiger partial charge in [-0.3, -0.25) is 0 Å². The van der Waals surface area contributed by atoms with Crippen molar-refractivity contribution < 1.29 is 73.6 Å². The lowest BCUT2D eigenvalue weighted by atomic mass is 9.66. The predicted octanol–water partition coefficient (Wildman–Crippen LogP) is 3.65. The molecule has 2 unspecified atom stereocenters. The van der Waals surface area contributed by atoms with Gasteiger partial charge in [-0.25, -0.2) is 28.8 Å². The highest BCUT2D eigenvalue weighted by Crippen LogP contribution is 2.40. The van der Waals surface area contributed by atoms with Crippen LogP contribution >= 0.6 is 0 Å². The molecule has 2 atom stereocenters. The molecule has 0 bridgehead atoms. The summed E-state index contributed by atoms with van der Waals surface area (Å²) in [6.45, 7) is 29.7. The van der Waals surface area contributed by atoms with Crippen LogP contribution in [0.15, 0.2) is 72.9 Å². The van der Waals surface area contributed by atoms with Gasteiger partial charge in [-0.2, -0.15) is 0 Å². The third kappa shape index (κ3) is 21.8. The number of hydrogen-bond donors (Lipinski definition) is 6. The number of hydrogen-bond acceptors (Lipinski definition) is 12. The van der Waals surface area contributed by atoms with Crippen LogP contribution in [-0.4, -0.2) is 106 Å². The molecule has 6 N–H and O–H groups in total. The molecule has 15 heteroatoms. The number of aliphatic carboxylic acids is 3. The van der Waals surface area contributed by atoms with E-state index in [9.17, 15) is 44.1 Å². The molecule has 0 radical (unpaired) electrons. The van der Waals surface area contributed by atoms with Crippen LogP contribution in [0.2, 0.25) is 0 Å². The summed E-state index contributed by atoms with van der Waals surface area (Å²) in [5.74, 6) is -5.90. The molecule has 0 aliphatic heterocycles. The second-order valence-corrected chi connectivity index (χ2v) is 12.0. The van der Waals surface area contributed by atoms with Crippen molar-refractivity contribution >= 4 is 35.8 Å². The molecule has 0 aliphatic rings. The molecule has 15 nitrogen and oxygen atoms in total. The van der Waals surface area contributed by atoms with Gasteiger partial charge < -0.3 is 44.8 Å². The number of esters is 3. The minimum atomic E-state index is -1.44. The summed E-state index contributed by atoms with van der Waals surface area (Å²) in [4.78, 5) is 65.2. The van der Waals surface area contributed by atoms with E-state index in [1.54, 1.807) is 13.8 Å². The number of aliphatic hydroxyl groups is 3. The van der Waals surface area contributed by atoms with Crippen LogP contribution in [-0.2, 0) is 43.0 Å². The number of ether oxygens (including phenoxy) is 3. The van der Waals surface area contributed by atoms with Crippen molar-refractivity contribution in [1.29, 1.82) is 0 Å². The van der Waals surface area contributed by atoms with Gasteiger partial charge >= 0.3 is 35.8 Å². The van der Waals surface area contributed by atoms with Crippen molar-refractivity contribution in [3.63, 3.8) is 0 Å². The molecule has 51 heavy (non-hydrogen) atoms. The molecule has 0 spiro atoms. The van der Waals surface area contributed by atoms with Crippen LogP contribution < -0.4 is 0 Å². The average molecular weight is 729 g/mol. The zero-order chi connectivity index (χ0) is 41.4. The first-order valence-corrected chi connectivity index (χ1v) is 15.2. The first-order chi connectivity index (χ1) is 23.2. The lowest BCUT2D eigenvalue weighted by Crippen LogP contribution is -2.55. The molecule has 0 aromatic heterocycles. The normalized spacial score (nSPS) is 11.4. The zero-order valence-electron chi connectivity index (χ0n) is 31.0. The summed E-state index contributed by atoms with van der Waals surface area (Å²) in [6.07, 6.45) is -1.14. The Morgan fingerprint density at radius 3 is 0.882 bits per heavy atom. The maximum atomic E-state index is 12.1. The Balaban J connectivity index is -0.000000496. The van der Waals surface area contributed by atoms with Crippen molar-refractivity contribution in [2.24, 2.45) is 16.7 Å². The topological polar surface area (TPSA) is 251 Å². The molecular formula is C36H56O15. The van der Waals surface area contributed by atoms with Gasteiger partial charge in [0.1, 0.15) is 19.8 Å². The smallest absolute Gasteiger partial charge is 0.333 e. The quantitative estimate of drug-likeness (QED) is 0.0669. The molecule has 0 amide bonds. The van der Waals surface area contributed by atoms with Crippen molar-refractivity contribution in [2.75, 3.05) is 33.0 Å². The monoisotopic (exact) mass is 728 g/mol. The van der Waals surface area contributed by atoms with Gasteiger partial charge in [0, 0.05) is 38.9 Å². The summed E-state index contributed by atoms with van der Waals surface area (Å²) in [5.41, 5.74) is -1.87. The van der Waals surface area contributed by atoms with Crippen molar-refractivity contribution in [3.8, 4) is 0 Å². The molecule has 0 aliphatic carbocycles. The van der Waals surface area contributed by atoms with Crippen LogP contribution in [0, 0.1) is 16.7 Å². The molecule has 0 fully saturated rings. The summed E-state index contributed by atoms with van der Waals surface area (Å²) in [6, 6.07) is 0. The van der Waals surface area contributed by atoms with E-state index in [-0.39, 0.29) is 39.9 Å². The maximum absolute atomic E-state index is 12.1. The van der Waals surface area contributed by atoms with E-state index in [0.717, 1.165) is 0 Å². The van der Waals surface area contributed by atoms with Crippen molar-refractivity contribution in [1.82, 2.24) is 0 Å². The highest BCUT2D eigenvalue weighted by molar-refractivity contribution is 5.88. The largest absolute Gasteiger partial charge is 0.478 e. The maximum Gasteiger partial charge on any atom is 0.333 e. The molecule has 0 saturated carbocycles. The van der Waals surface area contributed by atoms with Gasteiger partial charge in [0.2, 0.25) is 0 Å². The number of rotatable bonds is 18. The second kappa shape index (κ2) is 26.0. The fourth-order valence-corrected chi connectivity index (χ4v) is 3.05. The fraction of sp³-hybridized carbons (Fsp3) is 0.500. The second-order valence-electron chi connectivity index (χ2n) is 12.0. The van der Waals surface area contributed by atoms with Gasteiger partial charge in [-0.15, -0.1) is 0 Å². The van der Waals surface area contributed by atoms with E-state index >= 15 is 0 Å². The number of carbonyl (C=O) groups is 6. The van der Waals surface area contributed by atoms with E-state index in [0.29, 0.717) is 0 Å². The van der Waals surface area contributed by atoms with Crippen LogP contribution in [0.25, 0.3) is 0 Å². The highest BCUT2D eigenvalue weighted by Gasteiger charge is 2.50. The molecule has 0 aromatic carbocycles. The summed E-state index contributed by atoms with van der Waals surface area (Å²) in [5, 5.41) is 54.7. The molecule has 290 valence electrons. The standard InChI is InChI=1S/C24H38O9.3C4H6O2/c1-9-23(10-25,11-26)19(27)18(8)24(12-31-20(28)15(2)3,13-32-21(29)16(4)5)14-33-22(30)17(6)7;3*1-3(2)4(5)6/h18-19,25-27H,2,4,6,9-14H2,1,3,5,7-8H3;3*1H2,2H3,(H,5,6). The van der Waals surface area contributed by atoms with Crippen LogP contribution in [0.1, 0.15) is 61.8 Å². The Morgan fingerprint density at radius 1 is 0.529 bits per heavy atom. The van der Waals surface area contributed by atoms with Crippen molar-refractivity contribution in [2.45, 2.75) is 67.9 Å². The van der Waals surface area contributed by atoms with E-state index in [4.69, 9.17) is 29.5 Å². The molecular weight excluding hydrogens is 672 g/mol. The van der Waals surface area contributed by atoms with Gasteiger partial charge in [-0.1, -0.05) is 53.3 Å². The predicted molar refractivity (Wildman–Crippen MR) is 189 cm³/mol. The van der Waals surface area contributed by atoms with E-state index in [1.165, 1.54) is 41.5 Å². The highest BCUT2D eigenvalue weighted by atomic mass is 16.6. The SMILES string of the molecule is C=C(C)C(=O)O.C=C(C)C(=O)O.C=C(C)C(=O)O.C=C(C)C(=O)OCC(COC(=O)C(=C)C)(COC(=O)C(=C)C)C(C)C(O)C(CC)(CO)CO. The van der Waals surface area contributed by atoms with Crippen LogP contribution in [0.5, 0.6) is 0 Å². The summed E-state index contributed by atoms with van der Waals surface area (Å²) < 4.78 is 16.0. The van der Waals surface area contributed by atoms with Crippen molar-refractivity contribution in [3.05, 3.63) is 72.9 Å². The van der Waals surface area contributed by atoms with E-state index in [2.05, 4.69) is 39.5 Å². The van der Waals surface area contributed by atoms with E-state index < -0.39 is 91.7 Å². The number of carboxylic acid groups (broad SMARTS) is 3. The minimum absolute atomic E-state index is 0.114. The first kappa shape index (κ1) is 52.9. The van der Waals surface area contributed by atoms with E-state index in [1.807, 2.05) is 0 Å². The summed E-state index contributed by atoms with van der Waals surface area (Å²) >= 11 is 0. The Bertz CT molecular complexity index is 1130. The summed E-state index contributed by atoms with van der Waals surface area (Å²) in [7, 11) is 0. The third-order valence-electron chi connectivity index (χ3n) is 7.01. The Kier molecular flexibility index (Phi) is 27.0. The molecule has 0 rings (SSSR count). The molecule has 0 saturated heterocycles. The van der Waals surface area contributed by atoms with Gasteiger partial charge in [0.05, 0.1) is 24.7 Å². The molecule has 0 aromatic rings. The third-order valence-corrected chi connectivity index (χ3v) is 7.01. The van der Waals surface area contributed by atoms with Crippen LogP contribution in [0.3, 0.4) is 0 Å². The van der Waals surface area contributed by atoms with Gasteiger partial charge in [-0.05, 0) is 53.9 Å². The lowest BCUT2D eigenvalue weighted by molar-refractivity contribution is -0.176.